The normalized spacial score (nSPS) is 11.1. The molecular weight excluding hydrogens is 242 g/mol. The Kier molecular flexibility index (Phi) is 4.22. The number of aliphatic hydroxyl groups is 1. The first-order chi connectivity index (χ1) is 9.17. The molecule has 4 heteroatoms. The summed E-state index contributed by atoms with van der Waals surface area (Å²) in [5.41, 5.74) is 2.46. The minimum absolute atomic E-state index is 0.174. The minimum atomic E-state index is -0.900. The minimum Gasteiger partial charge on any atom is -0.478 e. The van der Waals surface area contributed by atoms with Crippen LogP contribution in [-0.4, -0.2) is 27.4 Å². The molecule has 0 spiro atoms. The fourth-order valence-electron chi connectivity index (χ4n) is 2.40. The second-order valence-corrected chi connectivity index (χ2v) is 4.71. The number of benzene rings is 1. The van der Waals surface area contributed by atoms with Gasteiger partial charge in [0.2, 0.25) is 0 Å². The zero-order chi connectivity index (χ0) is 13.8. The van der Waals surface area contributed by atoms with Crippen molar-refractivity contribution in [3.05, 3.63) is 35.5 Å². The van der Waals surface area contributed by atoms with Gasteiger partial charge in [-0.1, -0.05) is 13.0 Å². The van der Waals surface area contributed by atoms with Crippen molar-refractivity contribution >= 4 is 16.9 Å². The molecule has 102 valence electrons. The van der Waals surface area contributed by atoms with E-state index in [0.29, 0.717) is 5.56 Å². The summed E-state index contributed by atoms with van der Waals surface area (Å²) in [6.45, 7) is 3.15. The van der Waals surface area contributed by atoms with Gasteiger partial charge in [-0.15, -0.1) is 0 Å². The third-order valence-electron chi connectivity index (χ3n) is 3.28. The molecule has 0 aliphatic carbocycles. The zero-order valence-electron chi connectivity index (χ0n) is 11.1. The Balaban J connectivity index is 2.50. The number of carbonyl (C=O) groups is 1. The summed E-state index contributed by atoms with van der Waals surface area (Å²) >= 11 is 0. The third-order valence-corrected chi connectivity index (χ3v) is 3.28. The summed E-state index contributed by atoms with van der Waals surface area (Å²) in [4.78, 5) is 11.1. The average Bonchev–Trinajstić information content (AvgIpc) is 2.74. The van der Waals surface area contributed by atoms with Crippen LogP contribution in [0.4, 0.5) is 0 Å². The standard InChI is InChI=1S/C15H19NO3/c1-2-7-16-10-12(4-3-8-17)13-6-5-11(15(18)19)9-14(13)16/h5-6,9-10,17H,2-4,7-8H2,1H3,(H,18,19). The Morgan fingerprint density at radius 2 is 2.16 bits per heavy atom. The molecule has 0 amide bonds. The van der Waals surface area contributed by atoms with Crippen molar-refractivity contribution in [2.45, 2.75) is 32.7 Å². The van der Waals surface area contributed by atoms with Gasteiger partial charge >= 0.3 is 5.97 Å². The van der Waals surface area contributed by atoms with Crippen LogP contribution in [0, 0.1) is 0 Å². The van der Waals surface area contributed by atoms with Crippen molar-refractivity contribution in [1.82, 2.24) is 4.57 Å². The highest BCUT2D eigenvalue weighted by Gasteiger charge is 2.11. The van der Waals surface area contributed by atoms with Gasteiger partial charge in [0.05, 0.1) is 5.56 Å². The fraction of sp³-hybridized carbons (Fsp3) is 0.400. The number of aromatic nitrogens is 1. The Morgan fingerprint density at radius 1 is 1.37 bits per heavy atom. The second-order valence-electron chi connectivity index (χ2n) is 4.71. The molecule has 1 aromatic heterocycles. The predicted octanol–water partition coefficient (Wildman–Crippen LogP) is 2.67. The third kappa shape index (κ3) is 2.79. The van der Waals surface area contributed by atoms with Gasteiger partial charge in [-0.3, -0.25) is 0 Å². The van der Waals surface area contributed by atoms with Crippen LogP contribution in [0.25, 0.3) is 10.9 Å². The highest BCUT2D eigenvalue weighted by molar-refractivity contribution is 5.94. The highest BCUT2D eigenvalue weighted by atomic mass is 16.4. The van der Waals surface area contributed by atoms with E-state index in [0.717, 1.165) is 36.7 Å². The maximum atomic E-state index is 11.1. The van der Waals surface area contributed by atoms with Crippen LogP contribution in [0.1, 0.15) is 35.7 Å². The maximum Gasteiger partial charge on any atom is 0.335 e. The Bertz CT molecular complexity index is 586. The van der Waals surface area contributed by atoms with E-state index < -0.39 is 5.97 Å². The lowest BCUT2D eigenvalue weighted by molar-refractivity contribution is 0.0697. The Morgan fingerprint density at radius 3 is 2.79 bits per heavy atom. The predicted molar refractivity (Wildman–Crippen MR) is 74.6 cm³/mol. The monoisotopic (exact) mass is 261 g/mol. The van der Waals surface area contributed by atoms with Crippen molar-refractivity contribution in [2.24, 2.45) is 0 Å². The molecule has 0 aliphatic heterocycles. The molecule has 2 N–H and O–H groups in total. The van der Waals surface area contributed by atoms with Crippen molar-refractivity contribution in [3.8, 4) is 0 Å². The smallest absolute Gasteiger partial charge is 0.335 e. The van der Waals surface area contributed by atoms with Crippen molar-refractivity contribution in [2.75, 3.05) is 6.61 Å². The number of rotatable bonds is 6. The van der Waals surface area contributed by atoms with Gasteiger partial charge in [-0.2, -0.15) is 0 Å². The number of aromatic carboxylic acids is 1. The number of hydrogen-bond donors (Lipinski definition) is 2. The van der Waals surface area contributed by atoms with Crippen molar-refractivity contribution in [1.29, 1.82) is 0 Å². The number of carboxylic acids is 1. The zero-order valence-corrected chi connectivity index (χ0v) is 11.1. The van der Waals surface area contributed by atoms with Gasteiger partial charge in [-0.05, 0) is 37.0 Å². The Hall–Kier alpha value is -1.81. The summed E-state index contributed by atoms with van der Waals surface area (Å²) in [5.74, 6) is -0.900. The summed E-state index contributed by atoms with van der Waals surface area (Å²) in [7, 11) is 0. The van der Waals surface area contributed by atoms with Crippen LogP contribution >= 0.6 is 0 Å². The maximum absolute atomic E-state index is 11.1. The van der Waals surface area contributed by atoms with E-state index >= 15 is 0 Å². The molecule has 1 aromatic carbocycles. The van der Waals surface area contributed by atoms with Gasteiger partial charge in [0.1, 0.15) is 0 Å². The molecule has 0 bridgehead atoms. The first kappa shape index (κ1) is 13.6. The van der Waals surface area contributed by atoms with Gasteiger partial charge in [0.15, 0.2) is 0 Å². The van der Waals surface area contributed by atoms with Crippen LogP contribution < -0.4 is 0 Å². The van der Waals surface area contributed by atoms with Gasteiger partial charge in [0.25, 0.3) is 0 Å². The van der Waals surface area contributed by atoms with E-state index in [1.54, 1.807) is 12.1 Å². The van der Waals surface area contributed by atoms with Crippen LogP contribution in [0.5, 0.6) is 0 Å². The number of aliphatic hydroxyl groups excluding tert-OH is 1. The number of aryl methyl sites for hydroxylation is 2. The molecule has 2 rings (SSSR count). The lowest BCUT2D eigenvalue weighted by atomic mass is 10.1. The summed E-state index contributed by atoms with van der Waals surface area (Å²) < 4.78 is 2.11. The number of hydrogen-bond acceptors (Lipinski definition) is 2. The second kappa shape index (κ2) is 5.89. The topological polar surface area (TPSA) is 62.5 Å². The first-order valence-electron chi connectivity index (χ1n) is 6.63. The molecule has 2 aromatic rings. The fourth-order valence-corrected chi connectivity index (χ4v) is 2.40. The first-order valence-corrected chi connectivity index (χ1v) is 6.63. The van der Waals surface area contributed by atoms with Gasteiger partial charge < -0.3 is 14.8 Å². The molecule has 0 saturated heterocycles. The van der Waals surface area contributed by atoms with Crippen molar-refractivity contribution in [3.63, 3.8) is 0 Å². The number of nitrogens with zero attached hydrogens (tertiary/aromatic N) is 1. The largest absolute Gasteiger partial charge is 0.478 e. The highest BCUT2D eigenvalue weighted by Crippen LogP contribution is 2.24. The molecule has 0 radical (unpaired) electrons. The summed E-state index contributed by atoms with van der Waals surface area (Å²) in [6.07, 6.45) is 4.62. The van der Waals surface area contributed by atoms with E-state index in [9.17, 15) is 4.79 Å². The van der Waals surface area contributed by atoms with E-state index in [2.05, 4.69) is 17.7 Å². The molecule has 0 atom stereocenters. The van der Waals surface area contributed by atoms with Crippen LogP contribution in [-0.2, 0) is 13.0 Å². The van der Waals surface area contributed by atoms with E-state index in [4.69, 9.17) is 10.2 Å². The molecule has 19 heavy (non-hydrogen) atoms. The quantitative estimate of drug-likeness (QED) is 0.840. The van der Waals surface area contributed by atoms with Crippen LogP contribution in [0.3, 0.4) is 0 Å². The van der Waals surface area contributed by atoms with Crippen LogP contribution in [0.15, 0.2) is 24.4 Å². The van der Waals surface area contributed by atoms with E-state index in [-0.39, 0.29) is 6.61 Å². The molecule has 4 nitrogen and oxygen atoms in total. The molecule has 0 aliphatic rings. The number of carboxylic acid groups (broad SMARTS) is 1. The average molecular weight is 261 g/mol. The lowest BCUT2D eigenvalue weighted by Gasteiger charge is -2.03. The molecule has 0 unspecified atom stereocenters. The van der Waals surface area contributed by atoms with Gasteiger partial charge in [0, 0.05) is 30.3 Å². The van der Waals surface area contributed by atoms with E-state index in [1.165, 1.54) is 5.56 Å². The van der Waals surface area contributed by atoms with Crippen molar-refractivity contribution < 1.29 is 15.0 Å². The molecular formula is C15H19NO3. The SMILES string of the molecule is CCCn1cc(CCCO)c2ccc(C(=O)O)cc21. The van der Waals surface area contributed by atoms with Gasteiger partial charge in [-0.25, -0.2) is 4.79 Å². The number of fused-ring (bicyclic) bond motifs is 1. The Labute approximate surface area is 112 Å². The lowest BCUT2D eigenvalue weighted by Crippen LogP contribution is -1.98. The summed E-state index contributed by atoms with van der Waals surface area (Å²) in [5, 5.41) is 19.1. The summed E-state index contributed by atoms with van der Waals surface area (Å²) in [6, 6.07) is 5.25. The van der Waals surface area contributed by atoms with Crippen LogP contribution in [0.2, 0.25) is 0 Å². The molecule has 1 heterocycles. The molecule has 0 saturated carbocycles. The van der Waals surface area contributed by atoms with E-state index in [1.807, 2.05) is 6.07 Å². The molecule has 0 fully saturated rings.